The largest absolute Gasteiger partial charge is 0.475 e. The molecule has 0 aromatic heterocycles. The molecular formula is C13H11O3P. The first-order chi connectivity index (χ1) is 8.15. The third-order valence-corrected chi connectivity index (χ3v) is 5.10. The lowest BCUT2D eigenvalue weighted by molar-refractivity contribution is 0.219. The monoisotopic (exact) mass is 246 g/mol. The minimum atomic E-state index is -3.58. The summed E-state index contributed by atoms with van der Waals surface area (Å²) in [5.41, 5.74) is -1.28. The van der Waals surface area contributed by atoms with Gasteiger partial charge >= 0.3 is 5.71 Å². The third kappa shape index (κ3) is 2.02. The van der Waals surface area contributed by atoms with Gasteiger partial charge in [0.2, 0.25) is 7.14 Å². The zero-order chi connectivity index (χ0) is 12.3. The molecule has 0 unspecified atom stereocenters. The molecule has 0 aliphatic rings. The van der Waals surface area contributed by atoms with E-state index in [2.05, 4.69) is 0 Å². The van der Waals surface area contributed by atoms with Crippen molar-refractivity contribution < 1.29 is 14.5 Å². The van der Waals surface area contributed by atoms with Crippen LogP contribution in [0.15, 0.2) is 60.7 Å². The summed E-state index contributed by atoms with van der Waals surface area (Å²) in [7, 11) is -3.58. The van der Waals surface area contributed by atoms with Crippen molar-refractivity contribution in [1.29, 1.82) is 0 Å². The highest BCUT2D eigenvalue weighted by molar-refractivity contribution is 7.92. The molecule has 0 radical (unpaired) electrons. The van der Waals surface area contributed by atoms with Crippen molar-refractivity contribution in [2.75, 3.05) is 0 Å². The van der Waals surface area contributed by atoms with Crippen LogP contribution < -0.4 is 10.6 Å². The maximum Gasteiger partial charge on any atom is 0.370 e. The smallest absolute Gasteiger partial charge is 0.370 e. The van der Waals surface area contributed by atoms with Crippen LogP contribution in [0, 0.1) is 0 Å². The number of hydrogen-bond donors (Lipinski definition) is 1. The Labute approximate surface area is 99.1 Å². The molecule has 2 aromatic rings. The minimum absolute atomic E-state index is 0.346. The summed E-state index contributed by atoms with van der Waals surface area (Å²) in [5.74, 6) is 0. The molecule has 86 valence electrons. The summed E-state index contributed by atoms with van der Waals surface area (Å²) in [5, 5.41) is 9.97. The molecule has 0 amide bonds. The van der Waals surface area contributed by atoms with Crippen LogP contribution in [0.4, 0.5) is 4.79 Å². The Hall–Kier alpha value is -1.86. The molecule has 0 atom stereocenters. The van der Waals surface area contributed by atoms with E-state index in [1.165, 1.54) is 0 Å². The Bertz CT molecular complexity index is 520. The highest BCUT2D eigenvalue weighted by atomic mass is 31.2. The zero-order valence-corrected chi connectivity index (χ0v) is 9.88. The molecule has 3 nitrogen and oxygen atoms in total. The van der Waals surface area contributed by atoms with Crippen LogP contribution in [0.3, 0.4) is 0 Å². The van der Waals surface area contributed by atoms with Crippen molar-refractivity contribution in [3.63, 3.8) is 0 Å². The van der Waals surface area contributed by atoms with Gasteiger partial charge in [-0.05, 0) is 0 Å². The van der Waals surface area contributed by atoms with Gasteiger partial charge in [0, 0.05) is 10.6 Å². The van der Waals surface area contributed by atoms with E-state index in [4.69, 9.17) is 0 Å². The molecule has 4 heteroatoms. The van der Waals surface area contributed by atoms with Gasteiger partial charge in [-0.2, -0.15) is 0 Å². The van der Waals surface area contributed by atoms with Gasteiger partial charge in [-0.3, -0.25) is 0 Å². The third-order valence-electron chi connectivity index (χ3n) is 2.51. The molecular weight excluding hydrogens is 235 g/mol. The number of hydrogen-bond acceptors (Lipinski definition) is 2. The average Bonchev–Trinajstić information content (AvgIpc) is 2.39. The molecule has 0 bridgehead atoms. The van der Waals surface area contributed by atoms with Crippen LogP contribution in [0.25, 0.3) is 0 Å². The summed E-state index contributed by atoms with van der Waals surface area (Å²) < 4.78 is 12.7. The lowest BCUT2D eigenvalue weighted by atomic mass is 10.4. The van der Waals surface area contributed by atoms with Gasteiger partial charge in [0.15, 0.2) is 0 Å². The first-order valence-corrected chi connectivity index (χ1v) is 6.81. The van der Waals surface area contributed by atoms with Gasteiger partial charge < -0.3 is 9.67 Å². The van der Waals surface area contributed by atoms with Crippen LogP contribution in [-0.2, 0) is 4.57 Å². The lowest BCUT2D eigenvalue weighted by Gasteiger charge is -2.13. The van der Waals surface area contributed by atoms with Crippen molar-refractivity contribution >= 4 is 23.5 Å². The van der Waals surface area contributed by atoms with E-state index < -0.39 is 12.9 Å². The summed E-state index contributed by atoms with van der Waals surface area (Å²) in [6.07, 6.45) is 0. The van der Waals surface area contributed by atoms with E-state index in [9.17, 15) is 14.5 Å². The molecule has 0 heterocycles. The van der Waals surface area contributed by atoms with Crippen molar-refractivity contribution in [2.45, 2.75) is 0 Å². The van der Waals surface area contributed by atoms with Gasteiger partial charge in [-0.15, -0.1) is 0 Å². The second kappa shape index (κ2) is 4.56. The molecule has 0 spiro atoms. The van der Waals surface area contributed by atoms with E-state index in [-0.39, 0.29) is 0 Å². The van der Waals surface area contributed by atoms with Crippen LogP contribution in [0.5, 0.6) is 0 Å². The molecule has 2 aromatic carbocycles. The van der Waals surface area contributed by atoms with Crippen LogP contribution in [0.2, 0.25) is 0 Å². The van der Waals surface area contributed by atoms with E-state index in [1.54, 1.807) is 60.7 Å². The summed E-state index contributed by atoms with van der Waals surface area (Å²) in [4.78, 5) is 11.4. The molecule has 17 heavy (non-hydrogen) atoms. The molecule has 0 aliphatic carbocycles. The molecule has 0 fully saturated rings. The quantitative estimate of drug-likeness (QED) is 0.847. The SMILES string of the molecule is O=C(O)P(=O)(c1ccccc1)c1ccccc1. The molecule has 0 aliphatic heterocycles. The fraction of sp³-hybridized carbons (Fsp3) is 0. The summed E-state index contributed by atoms with van der Waals surface area (Å²) in [6.45, 7) is 0. The number of benzene rings is 2. The first kappa shape index (κ1) is 11.6. The first-order valence-electron chi connectivity index (χ1n) is 5.10. The highest BCUT2D eigenvalue weighted by Crippen LogP contribution is 2.43. The van der Waals surface area contributed by atoms with E-state index in [1.807, 2.05) is 0 Å². The van der Waals surface area contributed by atoms with E-state index >= 15 is 0 Å². The van der Waals surface area contributed by atoms with Crippen LogP contribution >= 0.6 is 7.14 Å². The maximum absolute atomic E-state index is 12.7. The average molecular weight is 246 g/mol. The number of carboxylic acid groups (broad SMARTS) is 1. The summed E-state index contributed by atoms with van der Waals surface area (Å²) in [6, 6.07) is 16.6. The fourth-order valence-corrected chi connectivity index (χ4v) is 3.57. The molecule has 0 saturated heterocycles. The lowest BCUT2D eigenvalue weighted by Crippen LogP contribution is -2.21. The fourth-order valence-electron chi connectivity index (χ4n) is 1.65. The topological polar surface area (TPSA) is 54.4 Å². The number of rotatable bonds is 3. The normalized spacial score (nSPS) is 11.1. The summed E-state index contributed by atoms with van der Waals surface area (Å²) >= 11 is 0. The second-order valence-electron chi connectivity index (χ2n) is 3.56. The van der Waals surface area contributed by atoms with E-state index in [0.717, 1.165) is 0 Å². The Balaban J connectivity index is 2.64. The van der Waals surface area contributed by atoms with E-state index in [0.29, 0.717) is 10.6 Å². The second-order valence-corrected chi connectivity index (χ2v) is 6.20. The highest BCUT2D eigenvalue weighted by Gasteiger charge is 2.35. The minimum Gasteiger partial charge on any atom is -0.475 e. The Morgan fingerprint density at radius 3 is 1.47 bits per heavy atom. The standard InChI is InChI=1S/C13H11O3P/c14-13(15)17(16,11-7-3-1-4-8-11)12-9-5-2-6-10-12/h1-10H,(H,14,15). The van der Waals surface area contributed by atoms with Crippen LogP contribution in [0.1, 0.15) is 0 Å². The predicted molar refractivity (Wildman–Crippen MR) is 67.8 cm³/mol. The molecule has 1 N–H and O–H groups in total. The maximum atomic E-state index is 12.7. The molecule has 2 rings (SSSR count). The Morgan fingerprint density at radius 2 is 1.18 bits per heavy atom. The van der Waals surface area contributed by atoms with Gasteiger partial charge in [-0.25, -0.2) is 4.79 Å². The number of carbonyl (C=O) groups is 1. The zero-order valence-electron chi connectivity index (χ0n) is 8.98. The van der Waals surface area contributed by atoms with Crippen LogP contribution in [-0.4, -0.2) is 10.8 Å². The predicted octanol–water partition coefficient (Wildman–Crippen LogP) is 2.68. The van der Waals surface area contributed by atoms with Crippen molar-refractivity contribution in [1.82, 2.24) is 0 Å². The van der Waals surface area contributed by atoms with Gasteiger partial charge in [0.1, 0.15) is 0 Å². The van der Waals surface area contributed by atoms with Crippen molar-refractivity contribution in [3.05, 3.63) is 60.7 Å². The van der Waals surface area contributed by atoms with Gasteiger partial charge in [-0.1, -0.05) is 60.7 Å². The Kier molecular flexibility index (Phi) is 3.12. The van der Waals surface area contributed by atoms with Crippen molar-refractivity contribution in [3.8, 4) is 0 Å². The van der Waals surface area contributed by atoms with Gasteiger partial charge in [0.25, 0.3) is 0 Å². The van der Waals surface area contributed by atoms with Crippen molar-refractivity contribution in [2.24, 2.45) is 0 Å². The molecule has 0 saturated carbocycles. The Morgan fingerprint density at radius 1 is 0.824 bits per heavy atom. The van der Waals surface area contributed by atoms with Gasteiger partial charge in [0.05, 0.1) is 0 Å².